The zero-order valence-corrected chi connectivity index (χ0v) is 9.54. The van der Waals surface area contributed by atoms with Crippen molar-refractivity contribution in [3.05, 3.63) is 45.6 Å². The fourth-order valence-corrected chi connectivity index (χ4v) is 2.30. The first-order chi connectivity index (χ1) is 7.61. The first-order valence-electron chi connectivity index (χ1n) is 4.69. The predicted octanol–water partition coefficient (Wildman–Crippen LogP) is 1.40. The van der Waals surface area contributed by atoms with Crippen LogP contribution in [0.4, 0.5) is 0 Å². The lowest BCUT2D eigenvalue weighted by Gasteiger charge is -2.07. The normalized spacial score (nSPS) is 10.3. The minimum absolute atomic E-state index is 0.196. The van der Waals surface area contributed by atoms with Crippen molar-refractivity contribution < 1.29 is 0 Å². The van der Waals surface area contributed by atoms with Gasteiger partial charge in [0.1, 0.15) is 5.84 Å². The Morgan fingerprint density at radius 3 is 2.75 bits per heavy atom. The van der Waals surface area contributed by atoms with E-state index in [4.69, 9.17) is 11.1 Å². The molecule has 16 heavy (non-hydrogen) atoms. The Morgan fingerprint density at radius 1 is 1.44 bits per heavy atom. The van der Waals surface area contributed by atoms with Crippen molar-refractivity contribution in [1.29, 1.82) is 5.41 Å². The first kappa shape index (κ1) is 10.6. The molecule has 0 saturated heterocycles. The van der Waals surface area contributed by atoms with Gasteiger partial charge >= 0.3 is 0 Å². The van der Waals surface area contributed by atoms with Crippen molar-refractivity contribution in [2.45, 2.75) is 0 Å². The maximum Gasteiger partial charge on any atom is 0.261 e. The summed E-state index contributed by atoms with van der Waals surface area (Å²) in [6, 6.07) is 7.29. The van der Waals surface area contributed by atoms with Crippen LogP contribution in [0.1, 0.15) is 5.56 Å². The Morgan fingerprint density at radius 2 is 2.19 bits per heavy atom. The maximum absolute atomic E-state index is 11.9. The molecular weight excluding hydrogens is 222 g/mol. The van der Waals surface area contributed by atoms with Crippen LogP contribution < -0.4 is 11.3 Å². The van der Waals surface area contributed by atoms with Crippen LogP contribution in [0.15, 0.2) is 34.4 Å². The molecule has 2 rings (SSSR count). The van der Waals surface area contributed by atoms with E-state index in [9.17, 15) is 4.79 Å². The van der Waals surface area contributed by atoms with Crippen LogP contribution >= 0.6 is 11.3 Å². The smallest absolute Gasteiger partial charge is 0.261 e. The van der Waals surface area contributed by atoms with Crippen LogP contribution in [-0.4, -0.2) is 10.4 Å². The van der Waals surface area contributed by atoms with Crippen molar-refractivity contribution in [2.24, 2.45) is 12.8 Å². The number of amidine groups is 1. The summed E-state index contributed by atoms with van der Waals surface area (Å²) in [4.78, 5) is 12.9. The van der Waals surface area contributed by atoms with Gasteiger partial charge in [-0.1, -0.05) is 6.07 Å². The van der Waals surface area contributed by atoms with Crippen molar-refractivity contribution in [3.8, 4) is 10.6 Å². The number of hydrogen-bond donors (Lipinski definition) is 2. The van der Waals surface area contributed by atoms with Crippen molar-refractivity contribution in [3.63, 3.8) is 0 Å². The van der Waals surface area contributed by atoms with Crippen LogP contribution in [0.5, 0.6) is 0 Å². The van der Waals surface area contributed by atoms with E-state index in [1.165, 1.54) is 4.57 Å². The number of nitrogens with one attached hydrogen (secondary N) is 1. The van der Waals surface area contributed by atoms with Gasteiger partial charge in [0, 0.05) is 7.05 Å². The van der Waals surface area contributed by atoms with Crippen LogP contribution in [-0.2, 0) is 7.05 Å². The molecule has 5 heteroatoms. The number of pyridine rings is 1. The van der Waals surface area contributed by atoms with Crippen LogP contribution in [0, 0.1) is 5.41 Å². The van der Waals surface area contributed by atoms with Crippen molar-refractivity contribution in [1.82, 2.24) is 4.57 Å². The molecule has 0 spiro atoms. The third kappa shape index (κ3) is 1.65. The molecule has 0 aliphatic rings. The third-order valence-corrected chi connectivity index (χ3v) is 3.26. The summed E-state index contributed by atoms with van der Waals surface area (Å²) in [6.45, 7) is 0. The minimum atomic E-state index is -0.238. The standard InChI is InChI=1S/C11H11N3OS/c1-14-8(9-3-2-6-16-9)5-4-7(10(12)13)11(14)15/h2-6H,1H3,(H3,12,13). The zero-order chi connectivity index (χ0) is 11.7. The van der Waals surface area contributed by atoms with Crippen molar-refractivity contribution in [2.75, 3.05) is 0 Å². The lowest BCUT2D eigenvalue weighted by molar-refractivity contribution is 0.868. The number of nitrogens with zero attached hydrogens (tertiary/aromatic N) is 1. The van der Waals surface area contributed by atoms with E-state index in [1.54, 1.807) is 24.5 Å². The van der Waals surface area contributed by atoms with Gasteiger partial charge in [-0.3, -0.25) is 10.2 Å². The summed E-state index contributed by atoms with van der Waals surface area (Å²) in [5.74, 6) is -0.196. The molecule has 0 amide bonds. The second kappa shape index (κ2) is 3.94. The van der Waals surface area contributed by atoms with Gasteiger partial charge in [-0.2, -0.15) is 0 Å². The average molecular weight is 233 g/mol. The number of thiophene rings is 1. The summed E-state index contributed by atoms with van der Waals surface area (Å²) in [5.41, 5.74) is 6.16. The maximum atomic E-state index is 11.9. The van der Waals surface area contributed by atoms with E-state index >= 15 is 0 Å². The molecule has 82 valence electrons. The Labute approximate surface area is 96.5 Å². The third-order valence-electron chi connectivity index (χ3n) is 2.37. The van der Waals surface area contributed by atoms with Gasteiger partial charge in [-0.25, -0.2) is 0 Å². The molecule has 0 aliphatic heterocycles. The molecule has 0 unspecified atom stereocenters. The molecule has 0 atom stereocenters. The van der Waals surface area contributed by atoms with E-state index < -0.39 is 0 Å². The summed E-state index contributed by atoms with van der Waals surface area (Å²) in [5, 5.41) is 9.24. The highest BCUT2D eigenvalue weighted by molar-refractivity contribution is 7.13. The Kier molecular flexibility index (Phi) is 2.62. The largest absolute Gasteiger partial charge is 0.384 e. The molecule has 2 heterocycles. The van der Waals surface area contributed by atoms with Crippen LogP contribution in [0.25, 0.3) is 10.6 Å². The topological polar surface area (TPSA) is 71.9 Å². The Bertz CT molecular complexity index is 584. The molecule has 2 aromatic heterocycles. The van der Waals surface area contributed by atoms with Gasteiger partial charge in [0.05, 0.1) is 16.1 Å². The summed E-state index contributed by atoms with van der Waals surface area (Å²) >= 11 is 1.57. The van der Waals surface area contributed by atoms with Gasteiger partial charge in [0.2, 0.25) is 0 Å². The molecule has 0 saturated carbocycles. The van der Waals surface area contributed by atoms with E-state index in [-0.39, 0.29) is 17.0 Å². The quantitative estimate of drug-likeness (QED) is 0.608. The fraction of sp³-hybridized carbons (Fsp3) is 0.0909. The van der Waals surface area contributed by atoms with Crippen LogP contribution in [0.2, 0.25) is 0 Å². The van der Waals surface area contributed by atoms with E-state index in [0.29, 0.717) is 0 Å². The second-order valence-corrected chi connectivity index (χ2v) is 4.34. The molecular formula is C11H11N3OS. The van der Waals surface area contributed by atoms with Gasteiger partial charge < -0.3 is 10.3 Å². The average Bonchev–Trinajstić information content (AvgIpc) is 2.74. The van der Waals surface area contributed by atoms with Gasteiger partial charge in [-0.05, 0) is 23.6 Å². The van der Waals surface area contributed by atoms with Gasteiger partial charge in [0.15, 0.2) is 0 Å². The number of nitrogen functional groups attached to an aromatic ring is 1. The lowest BCUT2D eigenvalue weighted by atomic mass is 10.2. The summed E-state index contributed by atoms with van der Waals surface area (Å²) < 4.78 is 1.52. The molecule has 0 radical (unpaired) electrons. The lowest BCUT2D eigenvalue weighted by Crippen LogP contribution is -2.28. The minimum Gasteiger partial charge on any atom is -0.384 e. The van der Waals surface area contributed by atoms with Crippen molar-refractivity contribution >= 4 is 17.2 Å². The van der Waals surface area contributed by atoms with E-state index in [1.807, 2.05) is 23.6 Å². The highest BCUT2D eigenvalue weighted by Crippen LogP contribution is 2.22. The number of aromatic nitrogens is 1. The van der Waals surface area contributed by atoms with Gasteiger partial charge in [-0.15, -0.1) is 11.3 Å². The van der Waals surface area contributed by atoms with E-state index in [0.717, 1.165) is 10.6 Å². The molecule has 0 bridgehead atoms. The SMILES string of the molecule is Cn1c(-c2cccs2)ccc(C(=N)N)c1=O. The number of nitrogens with two attached hydrogens (primary N) is 1. The number of rotatable bonds is 2. The highest BCUT2D eigenvalue weighted by Gasteiger charge is 2.09. The van der Waals surface area contributed by atoms with Crippen LogP contribution in [0.3, 0.4) is 0 Å². The Hall–Kier alpha value is -1.88. The summed E-state index contributed by atoms with van der Waals surface area (Å²) in [7, 11) is 1.68. The fourth-order valence-electron chi connectivity index (χ4n) is 1.51. The molecule has 2 aromatic rings. The second-order valence-electron chi connectivity index (χ2n) is 3.39. The Balaban J connectivity index is 2.65. The molecule has 0 fully saturated rings. The predicted molar refractivity (Wildman–Crippen MR) is 66.0 cm³/mol. The van der Waals surface area contributed by atoms with Gasteiger partial charge in [0.25, 0.3) is 5.56 Å². The molecule has 3 N–H and O–H groups in total. The molecule has 4 nitrogen and oxygen atoms in total. The highest BCUT2D eigenvalue weighted by atomic mass is 32.1. The molecule has 0 aromatic carbocycles. The zero-order valence-electron chi connectivity index (χ0n) is 8.73. The molecule has 0 aliphatic carbocycles. The monoisotopic (exact) mass is 233 g/mol. The number of hydrogen-bond acceptors (Lipinski definition) is 3. The van der Waals surface area contributed by atoms with E-state index in [2.05, 4.69) is 0 Å². The summed E-state index contributed by atoms with van der Waals surface area (Å²) in [6.07, 6.45) is 0. The first-order valence-corrected chi connectivity index (χ1v) is 5.57.